The van der Waals surface area contributed by atoms with Gasteiger partial charge in [0.05, 0.1) is 0 Å². The maximum Gasteiger partial charge on any atom is 0.125 e. The molecular formula is C14H21NO. The Balaban J connectivity index is 2.84. The van der Waals surface area contributed by atoms with Crippen LogP contribution in [0.1, 0.15) is 30.0 Å². The molecule has 1 rings (SSSR count). The van der Waals surface area contributed by atoms with Crippen LogP contribution in [0.4, 0.5) is 0 Å². The van der Waals surface area contributed by atoms with Crippen LogP contribution in [0.25, 0.3) is 0 Å². The molecule has 0 heterocycles. The van der Waals surface area contributed by atoms with Gasteiger partial charge in [-0.1, -0.05) is 25.6 Å². The average Bonchev–Trinajstić information content (AvgIpc) is 2.27. The van der Waals surface area contributed by atoms with E-state index in [9.17, 15) is 0 Å². The minimum Gasteiger partial charge on any atom is -0.489 e. The SMILES string of the molecule is C=C(CC)COc1c(C)cc(CN)cc1C. The lowest BCUT2D eigenvalue weighted by molar-refractivity contribution is 0.344. The van der Waals surface area contributed by atoms with Gasteiger partial charge in [0.15, 0.2) is 0 Å². The number of benzene rings is 1. The van der Waals surface area contributed by atoms with Gasteiger partial charge >= 0.3 is 0 Å². The summed E-state index contributed by atoms with van der Waals surface area (Å²) in [5, 5.41) is 0. The van der Waals surface area contributed by atoms with E-state index in [2.05, 4.69) is 39.5 Å². The van der Waals surface area contributed by atoms with Crippen molar-refractivity contribution in [1.82, 2.24) is 0 Å². The van der Waals surface area contributed by atoms with E-state index >= 15 is 0 Å². The fourth-order valence-corrected chi connectivity index (χ4v) is 1.66. The molecule has 0 aliphatic rings. The predicted octanol–water partition coefficient (Wildman–Crippen LogP) is 3.11. The Hall–Kier alpha value is -1.28. The van der Waals surface area contributed by atoms with Gasteiger partial charge in [-0.15, -0.1) is 0 Å². The molecule has 16 heavy (non-hydrogen) atoms. The maximum atomic E-state index is 5.78. The summed E-state index contributed by atoms with van der Waals surface area (Å²) in [6.07, 6.45) is 0.957. The first kappa shape index (κ1) is 12.8. The zero-order chi connectivity index (χ0) is 12.1. The lowest BCUT2D eigenvalue weighted by atomic mass is 10.1. The maximum absolute atomic E-state index is 5.78. The molecule has 0 bridgehead atoms. The molecule has 0 amide bonds. The fraction of sp³-hybridized carbons (Fsp3) is 0.429. The molecule has 0 aliphatic heterocycles. The lowest BCUT2D eigenvalue weighted by Gasteiger charge is -2.14. The molecular weight excluding hydrogens is 198 g/mol. The van der Waals surface area contributed by atoms with E-state index in [1.165, 1.54) is 0 Å². The van der Waals surface area contributed by atoms with Crippen LogP contribution in [0.5, 0.6) is 5.75 Å². The molecule has 1 aromatic carbocycles. The van der Waals surface area contributed by atoms with Gasteiger partial charge in [-0.05, 0) is 42.5 Å². The molecule has 88 valence electrons. The summed E-state index contributed by atoms with van der Waals surface area (Å²) >= 11 is 0. The topological polar surface area (TPSA) is 35.2 Å². The highest BCUT2D eigenvalue weighted by Gasteiger charge is 2.06. The number of hydrogen-bond acceptors (Lipinski definition) is 2. The number of rotatable bonds is 5. The number of nitrogens with two attached hydrogens (primary N) is 1. The smallest absolute Gasteiger partial charge is 0.125 e. The Kier molecular flexibility index (Phi) is 4.56. The van der Waals surface area contributed by atoms with Crippen molar-refractivity contribution in [2.45, 2.75) is 33.7 Å². The largest absolute Gasteiger partial charge is 0.489 e. The Morgan fingerprint density at radius 3 is 2.31 bits per heavy atom. The standard InChI is InChI=1S/C14H21NO/c1-5-10(2)9-16-14-11(3)6-13(8-15)7-12(14)4/h6-7H,2,5,8-9,15H2,1,3-4H3. The number of hydrogen-bond donors (Lipinski definition) is 1. The van der Waals surface area contributed by atoms with Gasteiger partial charge in [-0.25, -0.2) is 0 Å². The molecule has 0 aromatic heterocycles. The van der Waals surface area contributed by atoms with Crippen LogP contribution in [0.15, 0.2) is 24.3 Å². The fourth-order valence-electron chi connectivity index (χ4n) is 1.66. The van der Waals surface area contributed by atoms with E-state index in [0.29, 0.717) is 13.2 Å². The van der Waals surface area contributed by atoms with E-state index in [4.69, 9.17) is 10.5 Å². The summed E-state index contributed by atoms with van der Waals surface area (Å²) in [6.45, 7) is 11.3. The van der Waals surface area contributed by atoms with Crippen LogP contribution in [0, 0.1) is 13.8 Å². The van der Waals surface area contributed by atoms with Gasteiger partial charge in [0.1, 0.15) is 12.4 Å². The summed E-state index contributed by atoms with van der Waals surface area (Å²) in [4.78, 5) is 0. The van der Waals surface area contributed by atoms with E-state index in [1.807, 2.05) is 0 Å². The van der Waals surface area contributed by atoms with Crippen LogP contribution in [-0.2, 0) is 6.54 Å². The van der Waals surface area contributed by atoms with Crippen molar-refractivity contribution in [3.63, 3.8) is 0 Å². The molecule has 0 spiro atoms. The second-order valence-electron chi connectivity index (χ2n) is 4.16. The highest BCUT2D eigenvalue weighted by Crippen LogP contribution is 2.25. The zero-order valence-corrected chi connectivity index (χ0v) is 10.5. The molecule has 0 saturated carbocycles. The molecule has 1 aromatic rings. The summed E-state index contributed by atoms with van der Waals surface area (Å²) in [7, 11) is 0. The number of ether oxygens (including phenoxy) is 1. The van der Waals surface area contributed by atoms with Gasteiger partial charge in [0.25, 0.3) is 0 Å². The molecule has 0 radical (unpaired) electrons. The molecule has 0 saturated heterocycles. The molecule has 2 heteroatoms. The normalized spacial score (nSPS) is 10.2. The molecule has 2 nitrogen and oxygen atoms in total. The van der Waals surface area contributed by atoms with Gasteiger partial charge in [-0.2, -0.15) is 0 Å². The van der Waals surface area contributed by atoms with Crippen LogP contribution < -0.4 is 10.5 Å². The van der Waals surface area contributed by atoms with Crippen molar-refractivity contribution in [2.75, 3.05) is 6.61 Å². The molecule has 0 fully saturated rings. The van der Waals surface area contributed by atoms with E-state index < -0.39 is 0 Å². The first-order chi connectivity index (χ1) is 7.58. The van der Waals surface area contributed by atoms with Crippen LogP contribution in [0.2, 0.25) is 0 Å². The van der Waals surface area contributed by atoms with E-state index in [1.54, 1.807) is 0 Å². The lowest BCUT2D eigenvalue weighted by Crippen LogP contribution is -2.04. The van der Waals surface area contributed by atoms with Crippen molar-refractivity contribution in [1.29, 1.82) is 0 Å². The molecule has 0 atom stereocenters. The van der Waals surface area contributed by atoms with Gasteiger partial charge in [0.2, 0.25) is 0 Å². The zero-order valence-electron chi connectivity index (χ0n) is 10.5. The van der Waals surface area contributed by atoms with Crippen molar-refractivity contribution in [3.8, 4) is 5.75 Å². The highest BCUT2D eigenvalue weighted by atomic mass is 16.5. The Bertz CT molecular complexity index is 359. The Morgan fingerprint density at radius 1 is 1.31 bits per heavy atom. The monoisotopic (exact) mass is 219 g/mol. The third-order valence-corrected chi connectivity index (χ3v) is 2.68. The van der Waals surface area contributed by atoms with Crippen molar-refractivity contribution < 1.29 is 4.74 Å². The van der Waals surface area contributed by atoms with Crippen LogP contribution >= 0.6 is 0 Å². The van der Waals surface area contributed by atoms with Gasteiger partial charge in [-0.3, -0.25) is 0 Å². The minimum absolute atomic E-state index is 0.573. The third-order valence-electron chi connectivity index (χ3n) is 2.68. The Morgan fingerprint density at radius 2 is 1.88 bits per heavy atom. The van der Waals surface area contributed by atoms with Crippen molar-refractivity contribution in [2.24, 2.45) is 5.73 Å². The summed E-state index contributed by atoms with van der Waals surface area (Å²) < 4.78 is 5.78. The summed E-state index contributed by atoms with van der Waals surface area (Å²) in [5.41, 5.74) is 10.2. The summed E-state index contributed by atoms with van der Waals surface area (Å²) in [6, 6.07) is 4.16. The molecule has 0 aliphatic carbocycles. The Labute approximate surface area is 98.1 Å². The quantitative estimate of drug-likeness (QED) is 0.772. The van der Waals surface area contributed by atoms with Gasteiger partial charge in [0, 0.05) is 6.54 Å². The van der Waals surface area contributed by atoms with Crippen LogP contribution in [0.3, 0.4) is 0 Å². The first-order valence-corrected chi connectivity index (χ1v) is 5.68. The molecule has 0 unspecified atom stereocenters. The second kappa shape index (κ2) is 5.71. The minimum atomic E-state index is 0.573. The van der Waals surface area contributed by atoms with Crippen molar-refractivity contribution in [3.05, 3.63) is 41.0 Å². The number of aryl methyl sites for hydroxylation is 2. The van der Waals surface area contributed by atoms with E-state index in [-0.39, 0.29) is 0 Å². The van der Waals surface area contributed by atoms with Crippen LogP contribution in [-0.4, -0.2) is 6.61 Å². The third kappa shape index (κ3) is 3.11. The highest BCUT2D eigenvalue weighted by molar-refractivity contribution is 5.43. The molecule has 2 N–H and O–H groups in total. The summed E-state index contributed by atoms with van der Waals surface area (Å²) in [5.74, 6) is 0.965. The van der Waals surface area contributed by atoms with Crippen molar-refractivity contribution >= 4 is 0 Å². The predicted molar refractivity (Wildman–Crippen MR) is 68.7 cm³/mol. The average molecular weight is 219 g/mol. The van der Waals surface area contributed by atoms with E-state index in [0.717, 1.165) is 34.4 Å². The van der Waals surface area contributed by atoms with Gasteiger partial charge < -0.3 is 10.5 Å². The first-order valence-electron chi connectivity index (χ1n) is 5.68. The second-order valence-corrected chi connectivity index (χ2v) is 4.16.